The van der Waals surface area contributed by atoms with E-state index in [0.29, 0.717) is 26.4 Å². The van der Waals surface area contributed by atoms with E-state index in [1.807, 2.05) is 18.2 Å². The molecule has 0 atom stereocenters. The maximum atomic E-state index is 6.13. The lowest BCUT2D eigenvalue weighted by molar-refractivity contribution is 0.141. The maximum absolute atomic E-state index is 6.13. The van der Waals surface area contributed by atoms with Gasteiger partial charge >= 0.3 is 0 Å². The third-order valence-corrected chi connectivity index (χ3v) is 9.27. The van der Waals surface area contributed by atoms with Crippen molar-refractivity contribution >= 4 is 30.9 Å². The van der Waals surface area contributed by atoms with Crippen molar-refractivity contribution in [2.45, 2.75) is 38.9 Å². The Labute approximate surface area is 155 Å². The van der Waals surface area contributed by atoms with Crippen LogP contribution in [0.25, 0.3) is 0 Å². The third kappa shape index (κ3) is 6.99. The maximum Gasteiger partial charge on any atom is 0.192 e. The van der Waals surface area contributed by atoms with Crippen LogP contribution < -0.4 is 9.47 Å². The van der Waals surface area contributed by atoms with Gasteiger partial charge in [0.1, 0.15) is 13.2 Å². The minimum absolute atomic E-state index is 0.213. The topological polar surface area (TPSA) is 36.9 Å². The molecule has 0 N–H and O–H groups in total. The largest absolute Gasteiger partial charge is 0.487 e. The van der Waals surface area contributed by atoms with E-state index in [0.717, 1.165) is 15.1 Å². The number of rotatable bonds is 9. The van der Waals surface area contributed by atoms with Crippen molar-refractivity contribution in [1.82, 2.24) is 0 Å². The van der Waals surface area contributed by atoms with Gasteiger partial charge in [0.05, 0.1) is 13.2 Å². The van der Waals surface area contributed by atoms with Gasteiger partial charge in [-0.25, -0.2) is 0 Å². The highest BCUT2D eigenvalue weighted by molar-refractivity contribution is 14.1. The summed E-state index contributed by atoms with van der Waals surface area (Å²) in [6.07, 6.45) is 0. The summed E-state index contributed by atoms with van der Waals surface area (Å²) < 4.78 is 23.8. The van der Waals surface area contributed by atoms with E-state index in [1.54, 1.807) is 7.11 Å². The average Bonchev–Trinajstić information content (AvgIpc) is 2.44. The molecule has 0 aliphatic heterocycles. The van der Waals surface area contributed by atoms with Gasteiger partial charge in [-0.2, -0.15) is 0 Å². The second kappa shape index (κ2) is 9.24. The lowest BCUT2D eigenvalue weighted by atomic mass is 10.2. The Bertz CT molecular complexity index is 486. The number of methoxy groups -OCH3 is 1. The van der Waals surface area contributed by atoms with Crippen LogP contribution in [-0.4, -0.2) is 41.9 Å². The van der Waals surface area contributed by atoms with Crippen molar-refractivity contribution in [3.05, 3.63) is 21.8 Å². The standard InChI is InChI=1S/C17H29IO4Si/c1-17(2,3)23(5,6)22-12-11-20-15-8-7-14(18)13-16(15)21-10-9-19-4/h7-8,13H,9-12H2,1-6H3. The van der Waals surface area contributed by atoms with E-state index < -0.39 is 8.32 Å². The first-order chi connectivity index (χ1) is 10.7. The predicted molar refractivity (Wildman–Crippen MR) is 105 cm³/mol. The molecule has 0 heterocycles. The zero-order chi connectivity index (χ0) is 17.5. The second-order valence-corrected chi connectivity index (χ2v) is 12.9. The first kappa shape index (κ1) is 20.7. The fourth-order valence-electron chi connectivity index (χ4n) is 1.61. The third-order valence-electron chi connectivity index (χ3n) is 4.06. The van der Waals surface area contributed by atoms with Crippen molar-refractivity contribution in [3.8, 4) is 11.5 Å². The average molecular weight is 452 g/mol. The Morgan fingerprint density at radius 1 is 0.957 bits per heavy atom. The first-order valence-corrected chi connectivity index (χ1v) is 11.8. The van der Waals surface area contributed by atoms with E-state index in [1.165, 1.54) is 0 Å². The summed E-state index contributed by atoms with van der Waals surface area (Å²) in [5.74, 6) is 1.50. The SMILES string of the molecule is COCCOc1cc(I)ccc1OCCO[Si](C)(C)C(C)(C)C. The van der Waals surface area contributed by atoms with Crippen molar-refractivity contribution in [3.63, 3.8) is 0 Å². The van der Waals surface area contributed by atoms with Crippen LogP contribution in [-0.2, 0) is 9.16 Å². The highest BCUT2D eigenvalue weighted by Crippen LogP contribution is 2.36. The lowest BCUT2D eigenvalue weighted by Gasteiger charge is -2.36. The fraction of sp³-hybridized carbons (Fsp3) is 0.647. The van der Waals surface area contributed by atoms with Crippen molar-refractivity contribution in [2.75, 3.05) is 33.5 Å². The summed E-state index contributed by atoms with van der Waals surface area (Å²) in [4.78, 5) is 0. The van der Waals surface area contributed by atoms with Gasteiger partial charge in [0.15, 0.2) is 19.8 Å². The molecule has 0 bridgehead atoms. The van der Waals surface area contributed by atoms with Crippen molar-refractivity contribution < 1.29 is 18.6 Å². The number of halogens is 1. The molecule has 0 saturated heterocycles. The molecular weight excluding hydrogens is 423 g/mol. The molecule has 1 aromatic rings. The van der Waals surface area contributed by atoms with E-state index in [4.69, 9.17) is 18.6 Å². The zero-order valence-corrected chi connectivity index (χ0v) is 18.2. The molecule has 0 aliphatic rings. The van der Waals surface area contributed by atoms with Crippen molar-refractivity contribution in [1.29, 1.82) is 0 Å². The van der Waals surface area contributed by atoms with Gasteiger partial charge in [0.2, 0.25) is 0 Å². The van der Waals surface area contributed by atoms with E-state index in [2.05, 4.69) is 56.5 Å². The molecule has 0 spiro atoms. The molecule has 0 aromatic heterocycles. The van der Waals surface area contributed by atoms with E-state index >= 15 is 0 Å². The van der Waals surface area contributed by atoms with E-state index in [9.17, 15) is 0 Å². The molecular formula is C17H29IO4Si. The second-order valence-electron chi connectivity index (χ2n) is 6.89. The molecule has 0 aliphatic carbocycles. The first-order valence-electron chi connectivity index (χ1n) is 7.85. The highest BCUT2D eigenvalue weighted by atomic mass is 127. The van der Waals surface area contributed by atoms with Crippen LogP contribution in [0.1, 0.15) is 20.8 Å². The van der Waals surface area contributed by atoms with Gasteiger partial charge in [-0.15, -0.1) is 0 Å². The molecule has 6 heteroatoms. The normalized spacial score (nSPS) is 12.3. The van der Waals surface area contributed by atoms with Gasteiger partial charge in [0, 0.05) is 10.7 Å². The number of benzene rings is 1. The molecule has 132 valence electrons. The Kier molecular flexibility index (Phi) is 8.33. The molecule has 0 fully saturated rings. The molecule has 1 aromatic carbocycles. The molecule has 0 radical (unpaired) electrons. The van der Waals surface area contributed by atoms with Crippen LogP contribution in [0.2, 0.25) is 18.1 Å². The Balaban J connectivity index is 2.54. The summed E-state index contributed by atoms with van der Waals surface area (Å²) in [5, 5.41) is 0.213. The predicted octanol–water partition coefficient (Wildman–Crippen LogP) is 4.72. The Hall–Kier alpha value is -0.313. The van der Waals surface area contributed by atoms with Crippen LogP contribution in [0.3, 0.4) is 0 Å². The van der Waals surface area contributed by atoms with Gasteiger partial charge in [0.25, 0.3) is 0 Å². The minimum atomic E-state index is -1.72. The van der Waals surface area contributed by atoms with Gasteiger partial charge < -0.3 is 18.6 Å². The minimum Gasteiger partial charge on any atom is -0.487 e. The van der Waals surface area contributed by atoms with Crippen LogP contribution in [0.5, 0.6) is 11.5 Å². The molecule has 23 heavy (non-hydrogen) atoms. The highest BCUT2D eigenvalue weighted by Gasteiger charge is 2.36. The summed E-state index contributed by atoms with van der Waals surface area (Å²) in [6, 6.07) is 5.92. The molecule has 0 saturated carbocycles. The summed E-state index contributed by atoms with van der Waals surface area (Å²) in [5.41, 5.74) is 0. The van der Waals surface area contributed by atoms with Crippen LogP contribution >= 0.6 is 22.6 Å². The number of hydrogen-bond donors (Lipinski definition) is 0. The van der Waals surface area contributed by atoms with Crippen LogP contribution in [0.15, 0.2) is 18.2 Å². The molecule has 4 nitrogen and oxygen atoms in total. The molecule has 0 amide bonds. The zero-order valence-electron chi connectivity index (χ0n) is 15.1. The van der Waals surface area contributed by atoms with Crippen LogP contribution in [0.4, 0.5) is 0 Å². The quantitative estimate of drug-likeness (QED) is 0.309. The van der Waals surface area contributed by atoms with Crippen LogP contribution in [0, 0.1) is 3.57 Å². The lowest BCUT2D eigenvalue weighted by Crippen LogP contribution is -2.41. The van der Waals surface area contributed by atoms with E-state index in [-0.39, 0.29) is 5.04 Å². The Morgan fingerprint density at radius 3 is 2.17 bits per heavy atom. The monoisotopic (exact) mass is 452 g/mol. The fourth-order valence-corrected chi connectivity index (χ4v) is 3.10. The smallest absolute Gasteiger partial charge is 0.192 e. The Morgan fingerprint density at radius 2 is 1.57 bits per heavy atom. The number of hydrogen-bond acceptors (Lipinski definition) is 4. The van der Waals surface area contributed by atoms with Gasteiger partial charge in [-0.1, -0.05) is 20.8 Å². The van der Waals surface area contributed by atoms with Crippen molar-refractivity contribution in [2.24, 2.45) is 0 Å². The number of ether oxygens (including phenoxy) is 3. The summed E-state index contributed by atoms with van der Waals surface area (Å²) in [6.45, 7) is 13.4. The molecule has 0 unspecified atom stereocenters. The van der Waals surface area contributed by atoms with Gasteiger partial charge in [-0.3, -0.25) is 0 Å². The van der Waals surface area contributed by atoms with Gasteiger partial charge in [-0.05, 0) is 58.9 Å². The molecule has 1 rings (SSSR count). The summed E-state index contributed by atoms with van der Waals surface area (Å²) in [7, 11) is -0.0601. The summed E-state index contributed by atoms with van der Waals surface area (Å²) >= 11 is 2.26.